The molecule has 0 amide bonds. The molecule has 0 aliphatic carbocycles. The molecule has 0 saturated carbocycles. The first-order chi connectivity index (χ1) is 11.7. The zero-order valence-electron chi connectivity index (χ0n) is 13.6. The second-order valence-corrected chi connectivity index (χ2v) is 6.54. The third-order valence-corrected chi connectivity index (χ3v) is 5.04. The van der Waals surface area contributed by atoms with E-state index in [0.29, 0.717) is 18.0 Å². The molecular weight excluding hydrogens is 326 g/mol. The van der Waals surface area contributed by atoms with Crippen LogP contribution in [-0.4, -0.2) is 42.9 Å². The molecule has 1 aromatic carbocycles. The van der Waals surface area contributed by atoms with Crippen molar-refractivity contribution in [3.05, 3.63) is 47.2 Å². The number of anilines is 1. The zero-order chi connectivity index (χ0) is 16.5. The summed E-state index contributed by atoms with van der Waals surface area (Å²) < 4.78 is 10.9. The summed E-state index contributed by atoms with van der Waals surface area (Å²) in [5.41, 5.74) is 2.40. The van der Waals surface area contributed by atoms with Crippen molar-refractivity contribution in [3.63, 3.8) is 0 Å². The Kier molecular flexibility index (Phi) is 4.21. The van der Waals surface area contributed by atoms with E-state index in [1.807, 2.05) is 24.4 Å². The number of halogens is 1. The first kappa shape index (κ1) is 15.5. The Morgan fingerprint density at radius 1 is 1.04 bits per heavy atom. The monoisotopic (exact) mass is 345 g/mol. The number of hydrogen-bond acceptors (Lipinski definition) is 5. The molecular formula is C18H20ClN3O2. The predicted octanol–water partition coefficient (Wildman–Crippen LogP) is 3.35. The lowest BCUT2D eigenvalue weighted by Crippen LogP contribution is -2.47. The van der Waals surface area contributed by atoms with E-state index in [0.717, 1.165) is 43.4 Å². The SMILES string of the molecule is CC(c1ccc2c(c1)OCO2)N1CCN(c2ccc(Cl)nc2)CC1. The fourth-order valence-corrected chi connectivity index (χ4v) is 3.42. The summed E-state index contributed by atoms with van der Waals surface area (Å²) >= 11 is 5.87. The summed E-state index contributed by atoms with van der Waals surface area (Å²) in [4.78, 5) is 9.02. The minimum atomic E-state index is 0.320. The molecule has 0 bridgehead atoms. The van der Waals surface area contributed by atoms with Gasteiger partial charge in [-0.05, 0) is 36.8 Å². The van der Waals surface area contributed by atoms with Gasteiger partial charge in [-0.25, -0.2) is 4.98 Å². The molecule has 3 heterocycles. The highest BCUT2D eigenvalue weighted by atomic mass is 35.5. The molecule has 1 aromatic heterocycles. The average Bonchev–Trinajstić information content (AvgIpc) is 3.09. The third-order valence-electron chi connectivity index (χ3n) is 4.82. The number of benzene rings is 1. The van der Waals surface area contributed by atoms with Gasteiger partial charge in [0.05, 0.1) is 11.9 Å². The molecule has 1 atom stereocenters. The molecule has 0 N–H and O–H groups in total. The lowest BCUT2D eigenvalue weighted by molar-refractivity contribution is 0.173. The van der Waals surface area contributed by atoms with Crippen molar-refractivity contribution in [2.75, 3.05) is 37.9 Å². The van der Waals surface area contributed by atoms with Gasteiger partial charge in [0.25, 0.3) is 0 Å². The Bertz CT molecular complexity index is 715. The van der Waals surface area contributed by atoms with E-state index in [4.69, 9.17) is 21.1 Å². The molecule has 2 aliphatic heterocycles. The highest BCUT2D eigenvalue weighted by Gasteiger charge is 2.24. The van der Waals surface area contributed by atoms with Gasteiger partial charge in [0.2, 0.25) is 6.79 Å². The van der Waals surface area contributed by atoms with Gasteiger partial charge in [0.15, 0.2) is 11.5 Å². The molecule has 1 saturated heterocycles. The highest BCUT2D eigenvalue weighted by Crippen LogP contribution is 2.35. The summed E-state index contributed by atoms with van der Waals surface area (Å²) in [7, 11) is 0. The normalized spacial score (nSPS) is 18.7. The van der Waals surface area contributed by atoms with Crippen LogP contribution in [0.25, 0.3) is 0 Å². The Labute approximate surface area is 146 Å². The summed E-state index contributed by atoms with van der Waals surface area (Å²) in [6.45, 7) is 6.56. The quantitative estimate of drug-likeness (QED) is 0.798. The van der Waals surface area contributed by atoms with Crippen molar-refractivity contribution in [3.8, 4) is 11.5 Å². The summed E-state index contributed by atoms with van der Waals surface area (Å²) in [5, 5.41) is 0.536. The fourth-order valence-electron chi connectivity index (χ4n) is 3.31. The number of nitrogens with zero attached hydrogens (tertiary/aromatic N) is 3. The largest absolute Gasteiger partial charge is 0.454 e. The van der Waals surface area contributed by atoms with Gasteiger partial charge in [0, 0.05) is 32.2 Å². The molecule has 0 radical (unpaired) electrons. The average molecular weight is 346 g/mol. The topological polar surface area (TPSA) is 37.8 Å². The molecule has 0 spiro atoms. The van der Waals surface area contributed by atoms with Crippen LogP contribution in [0.3, 0.4) is 0 Å². The minimum Gasteiger partial charge on any atom is -0.454 e. The van der Waals surface area contributed by atoms with E-state index in [-0.39, 0.29) is 0 Å². The summed E-state index contributed by atoms with van der Waals surface area (Å²) in [6, 6.07) is 10.5. The smallest absolute Gasteiger partial charge is 0.231 e. The maximum atomic E-state index is 5.87. The molecule has 24 heavy (non-hydrogen) atoms. The number of rotatable bonds is 3. The molecule has 1 unspecified atom stereocenters. The van der Waals surface area contributed by atoms with Crippen molar-refractivity contribution >= 4 is 17.3 Å². The maximum Gasteiger partial charge on any atom is 0.231 e. The number of ether oxygens (including phenoxy) is 2. The number of piperazine rings is 1. The second kappa shape index (κ2) is 6.49. The van der Waals surface area contributed by atoms with Crippen LogP contribution in [0.1, 0.15) is 18.5 Å². The summed E-state index contributed by atoms with van der Waals surface area (Å²) in [5.74, 6) is 1.69. The van der Waals surface area contributed by atoms with Crippen molar-refractivity contribution in [1.82, 2.24) is 9.88 Å². The van der Waals surface area contributed by atoms with Crippen LogP contribution >= 0.6 is 11.6 Å². The standard InChI is InChI=1S/C18H20ClN3O2/c1-13(14-2-4-16-17(10-14)24-12-23-16)21-6-8-22(9-7-21)15-3-5-18(19)20-11-15/h2-5,10-11,13H,6-9,12H2,1H3. The number of fused-ring (bicyclic) bond motifs is 1. The van der Waals surface area contributed by atoms with E-state index in [1.54, 1.807) is 0 Å². The van der Waals surface area contributed by atoms with Gasteiger partial charge in [-0.2, -0.15) is 0 Å². The Morgan fingerprint density at radius 2 is 1.83 bits per heavy atom. The van der Waals surface area contributed by atoms with Crippen LogP contribution in [0, 0.1) is 0 Å². The maximum absolute atomic E-state index is 5.87. The van der Waals surface area contributed by atoms with Crippen LogP contribution < -0.4 is 14.4 Å². The van der Waals surface area contributed by atoms with E-state index in [9.17, 15) is 0 Å². The molecule has 5 nitrogen and oxygen atoms in total. The van der Waals surface area contributed by atoms with Crippen LogP contribution in [0.5, 0.6) is 11.5 Å². The molecule has 6 heteroatoms. The van der Waals surface area contributed by atoms with E-state index in [1.165, 1.54) is 5.56 Å². The number of aromatic nitrogens is 1. The van der Waals surface area contributed by atoms with E-state index < -0.39 is 0 Å². The molecule has 4 rings (SSSR count). The Balaban J connectivity index is 1.41. The van der Waals surface area contributed by atoms with Crippen LogP contribution in [-0.2, 0) is 0 Å². The van der Waals surface area contributed by atoms with Gasteiger partial charge >= 0.3 is 0 Å². The third kappa shape index (κ3) is 3.01. The van der Waals surface area contributed by atoms with Crippen molar-refractivity contribution < 1.29 is 9.47 Å². The Morgan fingerprint density at radius 3 is 2.58 bits per heavy atom. The van der Waals surface area contributed by atoms with E-state index >= 15 is 0 Å². The molecule has 126 valence electrons. The van der Waals surface area contributed by atoms with Crippen LogP contribution in [0.4, 0.5) is 5.69 Å². The second-order valence-electron chi connectivity index (χ2n) is 6.15. The highest BCUT2D eigenvalue weighted by molar-refractivity contribution is 6.29. The number of pyridine rings is 1. The lowest BCUT2D eigenvalue weighted by atomic mass is 10.1. The summed E-state index contributed by atoms with van der Waals surface area (Å²) in [6.07, 6.45) is 1.85. The lowest BCUT2D eigenvalue weighted by Gasteiger charge is -2.39. The van der Waals surface area contributed by atoms with Gasteiger partial charge in [0.1, 0.15) is 5.15 Å². The molecule has 1 fully saturated rings. The minimum absolute atomic E-state index is 0.320. The van der Waals surface area contributed by atoms with Crippen LogP contribution in [0.15, 0.2) is 36.5 Å². The molecule has 2 aliphatic rings. The van der Waals surface area contributed by atoms with Gasteiger partial charge < -0.3 is 14.4 Å². The van der Waals surface area contributed by atoms with Crippen molar-refractivity contribution in [2.24, 2.45) is 0 Å². The Hall–Kier alpha value is -1.98. The van der Waals surface area contributed by atoms with E-state index in [2.05, 4.69) is 33.8 Å². The van der Waals surface area contributed by atoms with Crippen molar-refractivity contribution in [2.45, 2.75) is 13.0 Å². The van der Waals surface area contributed by atoms with Gasteiger partial charge in [-0.1, -0.05) is 17.7 Å². The predicted molar refractivity (Wildman–Crippen MR) is 94.0 cm³/mol. The number of hydrogen-bond donors (Lipinski definition) is 0. The molecule has 2 aromatic rings. The van der Waals surface area contributed by atoms with Crippen LogP contribution in [0.2, 0.25) is 5.15 Å². The first-order valence-electron chi connectivity index (χ1n) is 8.21. The first-order valence-corrected chi connectivity index (χ1v) is 8.58. The van der Waals surface area contributed by atoms with Gasteiger partial charge in [-0.15, -0.1) is 0 Å². The van der Waals surface area contributed by atoms with Crippen molar-refractivity contribution in [1.29, 1.82) is 0 Å². The van der Waals surface area contributed by atoms with Gasteiger partial charge in [-0.3, -0.25) is 4.90 Å². The fraction of sp³-hybridized carbons (Fsp3) is 0.389. The zero-order valence-corrected chi connectivity index (χ0v) is 14.4.